The zero-order chi connectivity index (χ0) is 13.3. The van der Waals surface area contributed by atoms with E-state index in [0.717, 1.165) is 28.3 Å². The smallest absolute Gasteiger partial charge is 0.229 e. The van der Waals surface area contributed by atoms with Gasteiger partial charge in [0.05, 0.1) is 13.4 Å². The maximum absolute atomic E-state index is 11.2. The fourth-order valence-electron chi connectivity index (χ4n) is 1.96. The summed E-state index contributed by atoms with van der Waals surface area (Å²) in [6.07, 6.45) is 1.14. The van der Waals surface area contributed by atoms with Gasteiger partial charge in [0.1, 0.15) is 5.75 Å². The predicted molar refractivity (Wildman–Crippen MR) is 73.7 cm³/mol. The van der Waals surface area contributed by atoms with Crippen LogP contribution in [0.1, 0.15) is 5.56 Å². The molecule has 0 aliphatic heterocycles. The second kappa shape index (κ2) is 4.49. The van der Waals surface area contributed by atoms with Gasteiger partial charge in [0.15, 0.2) is 0 Å². The molecule has 0 aliphatic rings. The fraction of sp³-hybridized carbons (Fsp3) is 0.231. The highest BCUT2D eigenvalue weighted by molar-refractivity contribution is 7.92. The molecule has 18 heavy (non-hydrogen) atoms. The van der Waals surface area contributed by atoms with Gasteiger partial charge in [-0.1, -0.05) is 12.1 Å². The van der Waals surface area contributed by atoms with Crippen molar-refractivity contribution in [3.05, 3.63) is 35.9 Å². The Hall–Kier alpha value is -1.75. The van der Waals surface area contributed by atoms with Crippen molar-refractivity contribution in [1.29, 1.82) is 0 Å². The molecule has 0 fully saturated rings. The standard InChI is InChI=1S/C13H15NO3S/c1-9-12-6-5-11(14-18(3,15)16)8-10(12)4-7-13(9)17-2/h4-8,14H,1-3H3. The SMILES string of the molecule is COc1ccc2cc(NS(C)(=O)=O)ccc2c1C. The highest BCUT2D eigenvalue weighted by Crippen LogP contribution is 2.29. The van der Waals surface area contributed by atoms with Crippen LogP contribution in [0, 0.1) is 6.92 Å². The van der Waals surface area contributed by atoms with E-state index in [2.05, 4.69) is 4.72 Å². The number of rotatable bonds is 3. The molecule has 1 N–H and O–H groups in total. The lowest BCUT2D eigenvalue weighted by molar-refractivity contribution is 0.412. The molecule has 4 nitrogen and oxygen atoms in total. The predicted octanol–water partition coefficient (Wildman–Crippen LogP) is 2.53. The van der Waals surface area contributed by atoms with Crippen molar-refractivity contribution in [2.45, 2.75) is 6.92 Å². The van der Waals surface area contributed by atoms with Gasteiger partial charge in [0.25, 0.3) is 0 Å². The van der Waals surface area contributed by atoms with Crippen LogP contribution >= 0.6 is 0 Å². The third-order valence-corrected chi connectivity index (χ3v) is 3.37. The van der Waals surface area contributed by atoms with Gasteiger partial charge in [-0.3, -0.25) is 4.72 Å². The van der Waals surface area contributed by atoms with Gasteiger partial charge in [0, 0.05) is 5.69 Å². The second-order valence-electron chi connectivity index (χ2n) is 4.20. The van der Waals surface area contributed by atoms with E-state index in [1.54, 1.807) is 13.2 Å². The van der Waals surface area contributed by atoms with E-state index in [9.17, 15) is 8.42 Å². The third kappa shape index (κ3) is 2.56. The molecule has 0 aliphatic carbocycles. The van der Waals surface area contributed by atoms with E-state index in [0.29, 0.717) is 5.69 Å². The summed E-state index contributed by atoms with van der Waals surface area (Å²) in [5.41, 5.74) is 1.61. The average molecular weight is 265 g/mol. The summed E-state index contributed by atoms with van der Waals surface area (Å²) < 4.78 is 30.1. The van der Waals surface area contributed by atoms with Gasteiger partial charge in [0.2, 0.25) is 10.0 Å². The zero-order valence-corrected chi connectivity index (χ0v) is 11.3. The number of benzene rings is 2. The van der Waals surface area contributed by atoms with Crippen LogP contribution in [0.15, 0.2) is 30.3 Å². The summed E-state index contributed by atoms with van der Waals surface area (Å²) in [5.74, 6) is 0.825. The first-order chi connectivity index (χ1) is 8.40. The Bertz CT molecular complexity index is 693. The quantitative estimate of drug-likeness (QED) is 0.927. The van der Waals surface area contributed by atoms with Crippen LogP contribution < -0.4 is 9.46 Å². The van der Waals surface area contributed by atoms with E-state index in [1.165, 1.54) is 0 Å². The van der Waals surface area contributed by atoms with Gasteiger partial charge in [-0.2, -0.15) is 0 Å². The molecular weight excluding hydrogens is 250 g/mol. The van der Waals surface area contributed by atoms with Crippen LogP contribution in [0.3, 0.4) is 0 Å². The van der Waals surface area contributed by atoms with Crippen molar-refractivity contribution >= 4 is 26.5 Å². The third-order valence-electron chi connectivity index (χ3n) is 2.76. The summed E-state index contributed by atoms with van der Waals surface area (Å²) in [6.45, 7) is 1.98. The maximum Gasteiger partial charge on any atom is 0.229 e. The maximum atomic E-state index is 11.2. The number of aryl methyl sites for hydroxylation is 1. The minimum Gasteiger partial charge on any atom is -0.496 e. The Labute approximate surface area is 107 Å². The molecule has 5 heteroatoms. The summed E-state index contributed by atoms with van der Waals surface area (Å²) in [4.78, 5) is 0. The molecule has 0 bridgehead atoms. The molecule has 0 spiro atoms. The molecule has 0 radical (unpaired) electrons. The zero-order valence-electron chi connectivity index (χ0n) is 10.5. The van der Waals surface area contributed by atoms with E-state index < -0.39 is 10.0 Å². The highest BCUT2D eigenvalue weighted by atomic mass is 32.2. The molecule has 2 rings (SSSR count). The Morgan fingerprint density at radius 1 is 1.17 bits per heavy atom. The number of methoxy groups -OCH3 is 1. The minimum atomic E-state index is -3.24. The Morgan fingerprint density at radius 3 is 2.50 bits per heavy atom. The van der Waals surface area contributed by atoms with Crippen molar-refractivity contribution < 1.29 is 13.2 Å². The number of nitrogens with one attached hydrogen (secondary N) is 1. The van der Waals surface area contributed by atoms with Crippen LogP contribution in [-0.2, 0) is 10.0 Å². The summed E-state index contributed by atoms with van der Waals surface area (Å²) >= 11 is 0. The number of hydrogen-bond acceptors (Lipinski definition) is 3. The van der Waals surface area contributed by atoms with E-state index >= 15 is 0 Å². The highest BCUT2D eigenvalue weighted by Gasteiger charge is 2.06. The number of hydrogen-bond donors (Lipinski definition) is 1. The largest absolute Gasteiger partial charge is 0.496 e. The molecule has 0 atom stereocenters. The summed E-state index contributed by atoms with van der Waals surface area (Å²) in [6, 6.07) is 9.23. The average Bonchev–Trinajstić information content (AvgIpc) is 2.27. The molecule has 0 aromatic heterocycles. The van der Waals surface area contributed by atoms with Crippen molar-refractivity contribution in [2.24, 2.45) is 0 Å². The number of anilines is 1. The first-order valence-electron chi connectivity index (χ1n) is 5.46. The lowest BCUT2D eigenvalue weighted by atomic mass is 10.0. The molecule has 0 heterocycles. The minimum absolute atomic E-state index is 0.564. The summed E-state index contributed by atoms with van der Waals surface area (Å²) in [7, 11) is -1.61. The monoisotopic (exact) mass is 265 g/mol. The molecule has 96 valence electrons. The lowest BCUT2D eigenvalue weighted by Gasteiger charge is -2.10. The van der Waals surface area contributed by atoms with Gasteiger partial charge in [-0.05, 0) is 41.5 Å². The lowest BCUT2D eigenvalue weighted by Crippen LogP contribution is -2.09. The Kier molecular flexibility index (Phi) is 3.17. The van der Waals surface area contributed by atoms with Crippen molar-refractivity contribution in [3.8, 4) is 5.75 Å². The molecule has 2 aromatic rings. The van der Waals surface area contributed by atoms with Gasteiger partial charge >= 0.3 is 0 Å². The number of fused-ring (bicyclic) bond motifs is 1. The molecule has 0 saturated carbocycles. The van der Waals surface area contributed by atoms with Crippen molar-refractivity contribution in [2.75, 3.05) is 18.1 Å². The first-order valence-corrected chi connectivity index (χ1v) is 7.35. The topological polar surface area (TPSA) is 55.4 Å². The second-order valence-corrected chi connectivity index (χ2v) is 5.95. The van der Waals surface area contributed by atoms with Crippen molar-refractivity contribution in [3.63, 3.8) is 0 Å². The van der Waals surface area contributed by atoms with Crippen LogP contribution in [-0.4, -0.2) is 21.8 Å². The molecule has 0 amide bonds. The van der Waals surface area contributed by atoms with E-state index in [-0.39, 0.29) is 0 Å². The van der Waals surface area contributed by atoms with Crippen LogP contribution in [0.5, 0.6) is 5.75 Å². The Balaban J connectivity index is 2.54. The van der Waals surface area contributed by atoms with Crippen molar-refractivity contribution in [1.82, 2.24) is 0 Å². The molecule has 0 saturated heterocycles. The van der Waals surface area contributed by atoms with E-state index in [4.69, 9.17) is 4.74 Å². The van der Waals surface area contributed by atoms with Crippen LogP contribution in [0.2, 0.25) is 0 Å². The molecule has 0 unspecified atom stereocenters. The summed E-state index contributed by atoms with van der Waals surface area (Å²) in [5, 5.41) is 2.02. The van der Waals surface area contributed by atoms with E-state index in [1.807, 2.05) is 31.2 Å². The van der Waals surface area contributed by atoms with Crippen LogP contribution in [0.4, 0.5) is 5.69 Å². The molecule has 2 aromatic carbocycles. The van der Waals surface area contributed by atoms with Gasteiger partial charge in [-0.15, -0.1) is 0 Å². The molecular formula is C13H15NO3S. The van der Waals surface area contributed by atoms with Gasteiger partial charge < -0.3 is 4.74 Å². The normalized spacial score (nSPS) is 11.5. The fourth-order valence-corrected chi connectivity index (χ4v) is 2.52. The first kappa shape index (κ1) is 12.7. The number of sulfonamides is 1. The Morgan fingerprint density at radius 2 is 1.89 bits per heavy atom. The van der Waals surface area contributed by atoms with Gasteiger partial charge in [-0.25, -0.2) is 8.42 Å². The van der Waals surface area contributed by atoms with Crippen LogP contribution in [0.25, 0.3) is 10.8 Å². The number of ether oxygens (including phenoxy) is 1.